The summed E-state index contributed by atoms with van der Waals surface area (Å²) in [5.41, 5.74) is 1.20. The molecule has 1 heterocycles. The quantitative estimate of drug-likeness (QED) is 0.851. The molecule has 0 spiro atoms. The van der Waals surface area contributed by atoms with Gasteiger partial charge in [-0.1, -0.05) is 0 Å². The molecule has 0 radical (unpaired) electrons. The van der Waals surface area contributed by atoms with Gasteiger partial charge >= 0.3 is 0 Å². The van der Waals surface area contributed by atoms with Gasteiger partial charge in [0.25, 0.3) is 0 Å². The molecule has 82 valence electrons. The number of methoxy groups -OCH3 is 1. The van der Waals surface area contributed by atoms with E-state index in [4.69, 9.17) is 4.74 Å². The molecule has 0 unspecified atom stereocenters. The summed E-state index contributed by atoms with van der Waals surface area (Å²) in [6.07, 6.45) is 2.62. The van der Waals surface area contributed by atoms with Crippen LogP contribution in [0.5, 0.6) is 5.75 Å². The van der Waals surface area contributed by atoms with Crippen molar-refractivity contribution in [3.63, 3.8) is 0 Å². The van der Waals surface area contributed by atoms with Crippen LogP contribution in [0.4, 0.5) is 5.69 Å². The third-order valence-electron chi connectivity index (χ3n) is 2.62. The fourth-order valence-electron chi connectivity index (χ4n) is 1.78. The number of thioether (sulfide) groups is 1. The van der Waals surface area contributed by atoms with Gasteiger partial charge in [0, 0.05) is 17.5 Å². The Morgan fingerprint density at radius 3 is 2.73 bits per heavy atom. The highest BCUT2D eigenvalue weighted by Gasteiger charge is 2.12. The SMILES string of the molecule is COc1ccc(N[C@H]2CCCSC2)cc1. The van der Waals surface area contributed by atoms with Gasteiger partial charge in [-0.2, -0.15) is 11.8 Å². The van der Waals surface area contributed by atoms with Crippen LogP contribution in [0, 0.1) is 0 Å². The first-order valence-corrected chi connectivity index (χ1v) is 6.52. The number of benzene rings is 1. The van der Waals surface area contributed by atoms with E-state index in [1.165, 1.54) is 30.0 Å². The lowest BCUT2D eigenvalue weighted by atomic mass is 10.1. The molecule has 0 aromatic heterocycles. The van der Waals surface area contributed by atoms with Crippen LogP contribution in [0.15, 0.2) is 24.3 Å². The zero-order chi connectivity index (χ0) is 10.5. The first-order chi connectivity index (χ1) is 7.38. The molecule has 0 amide bonds. The Morgan fingerprint density at radius 2 is 2.13 bits per heavy atom. The number of ether oxygens (including phenoxy) is 1. The number of nitrogens with one attached hydrogen (secondary N) is 1. The molecule has 1 aromatic carbocycles. The number of hydrogen-bond donors (Lipinski definition) is 1. The lowest BCUT2D eigenvalue weighted by molar-refractivity contribution is 0.415. The first-order valence-electron chi connectivity index (χ1n) is 5.37. The number of anilines is 1. The van der Waals surface area contributed by atoms with Crippen molar-refractivity contribution in [2.45, 2.75) is 18.9 Å². The van der Waals surface area contributed by atoms with Crippen molar-refractivity contribution in [2.24, 2.45) is 0 Å². The lowest BCUT2D eigenvalue weighted by Gasteiger charge is -2.23. The molecule has 0 saturated carbocycles. The van der Waals surface area contributed by atoms with E-state index in [1.807, 2.05) is 23.9 Å². The molecule has 1 aliphatic heterocycles. The second kappa shape index (κ2) is 5.31. The van der Waals surface area contributed by atoms with Gasteiger partial charge in [0.1, 0.15) is 5.75 Å². The predicted octanol–water partition coefficient (Wildman–Crippen LogP) is 3.00. The second-order valence-corrected chi connectivity index (χ2v) is 4.94. The van der Waals surface area contributed by atoms with Crippen molar-refractivity contribution >= 4 is 17.4 Å². The fourth-order valence-corrected chi connectivity index (χ4v) is 2.85. The third-order valence-corrected chi connectivity index (χ3v) is 3.84. The summed E-state index contributed by atoms with van der Waals surface area (Å²) in [6.45, 7) is 0. The lowest BCUT2D eigenvalue weighted by Crippen LogP contribution is -2.25. The van der Waals surface area contributed by atoms with Crippen LogP contribution in [-0.2, 0) is 0 Å². The second-order valence-electron chi connectivity index (χ2n) is 3.79. The molecule has 1 aromatic rings. The summed E-state index contributed by atoms with van der Waals surface area (Å²) in [6, 6.07) is 8.80. The monoisotopic (exact) mass is 223 g/mol. The van der Waals surface area contributed by atoms with Gasteiger partial charge in [-0.3, -0.25) is 0 Å². The Labute approximate surface area is 95.4 Å². The molecule has 2 nitrogen and oxygen atoms in total. The van der Waals surface area contributed by atoms with Gasteiger partial charge in [0.2, 0.25) is 0 Å². The highest BCUT2D eigenvalue weighted by molar-refractivity contribution is 7.99. The smallest absolute Gasteiger partial charge is 0.119 e. The maximum atomic E-state index is 5.13. The molecule has 1 fully saturated rings. The largest absolute Gasteiger partial charge is 0.497 e. The van der Waals surface area contributed by atoms with Crippen LogP contribution < -0.4 is 10.1 Å². The summed E-state index contributed by atoms with van der Waals surface area (Å²) < 4.78 is 5.13. The van der Waals surface area contributed by atoms with E-state index in [9.17, 15) is 0 Å². The van der Waals surface area contributed by atoms with Gasteiger partial charge in [-0.05, 0) is 42.9 Å². The Morgan fingerprint density at radius 1 is 1.33 bits per heavy atom. The number of rotatable bonds is 3. The minimum absolute atomic E-state index is 0.636. The van der Waals surface area contributed by atoms with Crippen molar-refractivity contribution in [3.05, 3.63) is 24.3 Å². The average Bonchev–Trinajstić information content (AvgIpc) is 2.31. The van der Waals surface area contributed by atoms with E-state index in [-0.39, 0.29) is 0 Å². The molecule has 1 aliphatic rings. The zero-order valence-electron chi connectivity index (χ0n) is 9.03. The highest BCUT2D eigenvalue weighted by atomic mass is 32.2. The number of hydrogen-bond acceptors (Lipinski definition) is 3. The minimum Gasteiger partial charge on any atom is -0.497 e. The van der Waals surface area contributed by atoms with Gasteiger partial charge in [0.15, 0.2) is 0 Å². The fraction of sp³-hybridized carbons (Fsp3) is 0.500. The molecule has 1 saturated heterocycles. The Bertz CT molecular complexity index is 293. The van der Waals surface area contributed by atoms with Crippen molar-refractivity contribution in [3.8, 4) is 5.75 Å². The van der Waals surface area contributed by atoms with Gasteiger partial charge < -0.3 is 10.1 Å². The summed E-state index contributed by atoms with van der Waals surface area (Å²) >= 11 is 2.04. The molecule has 1 N–H and O–H groups in total. The Kier molecular flexibility index (Phi) is 3.78. The molecule has 1 atom stereocenters. The summed E-state index contributed by atoms with van der Waals surface area (Å²) in [5, 5.41) is 3.56. The van der Waals surface area contributed by atoms with Gasteiger partial charge in [-0.25, -0.2) is 0 Å². The standard InChI is InChI=1S/C12H17NOS/c1-14-12-6-4-10(5-7-12)13-11-3-2-8-15-9-11/h4-7,11,13H,2-3,8-9H2,1H3/t11-/m0/s1. The Balaban J connectivity index is 1.91. The summed E-state index contributed by atoms with van der Waals surface area (Å²) in [7, 11) is 1.69. The molecular formula is C12H17NOS. The van der Waals surface area contributed by atoms with Crippen LogP contribution in [0.3, 0.4) is 0 Å². The molecule has 0 bridgehead atoms. The van der Waals surface area contributed by atoms with Crippen molar-refractivity contribution in [1.82, 2.24) is 0 Å². The van der Waals surface area contributed by atoms with Crippen LogP contribution in [0.25, 0.3) is 0 Å². The van der Waals surface area contributed by atoms with E-state index < -0.39 is 0 Å². The van der Waals surface area contributed by atoms with E-state index >= 15 is 0 Å². The van der Waals surface area contributed by atoms with Gasteiger partial charge in [0.05, 0.1) is 7.11 Å². The Hall–Kier alpha value is -0.830. The zero-order valence-corrected chi connectivity index (χ0v) is 9.85. The van der Waals surface area contributed by atoms with E-state index in [0.29, 0.717) is 6.04 Å². The van der Waals surface area contributed by atoms with Crippen LogP contribution in [0.2, 0.25) is 0 Å². The predicted molar refractivity (Wildman–Crippen MR) is 67.0 cm³/mol. The van der Waals surface area contributed by atoms with Crippen LogP contribution >= 0.6 is 11.8 Å². The van der Waals surface area contributed by atoms with Crippen molar-refractivity contribution < 1.29 is 4.74 Å². The first kappa shape index (κ1) is 10.7. The summed E-state index contributed by atoms with van der Waals surface area (Å²) in [5.74, 6) is 3.46. The summed E-state index contributed by atoms with van der Waals surface area (Å²) in [4.78, 5) is 0. The molecule has 0 aliphatic carbocycles. The topological polar surface area (TPSA) is 21.3 Å². The highest BCUT2D eigenvalue weighted by Crippen LogP contribution is 2.22. The molecule has 15 heavy (non-hydrogen) atoms. The molecular weight excluding hydrogens is 206 g/mol. The normalized spacial score (nSPS) is 21.0. The average molecular weight is 223 g/mol. The van der Waals surface area contributed by atoms with Crippen molar-refractivity contribution in [2.75, 3.05) is 23.9 Å². The van der Waals surface area contributed by atoms with Crippen LogP contribution in [-0.4, -0.2) is 24.7 Å². The molecule has 2 rings (SSSR count). The van der Waals surface area contributed by atoms with Gasteiger partial charge in [-0.15, -0.1) is 0 Å². The van der Waals surface area contributed by atoms with E-state index in [0.717, 1.165) is 5.75 Å². The third kappa shape index (κ3) is 3.06. The van der Waals surface area contributed by atoms with Crippen molar-refractivity contribution in [1.29, 1.82) is 0 Å². The minimum atomic E-state index is 0.636. The maximum absolute atomic E-state index is 5.13. The van der Waals surface area contributed by atoms with E-state index in [2.05, 4.69) is 17.4 Å². The van der Waals surface area contributed by atoms with Crippen LogP contribution in [0.1, 0.15) is 12.8 Å². The maximum Gasteiger partial charge on any atom is 0.119 e. The molecule has 3 heteroatoms. The van der Waals surface area contributed by atoms with E-state index in [1.54, 1.807) is 7.11 Å².